The van der Waals surface area contributed by atoms with Crippen molar-refractivity contribution in [3.05, 3.63) is 47.9 Å². The van der Waals surface area contributed by atoms with Gasteiger partial charge in [-0.05, 0) is 30.7 Å². The van der Waals surface area contributed by atoms with E-state index in [4.69, 9.17) is 4.74 Å². The molecule has 0 saturated carbocycles. The summed E-state index contributed by atoms with van der Waals surface area (Å²) in [4.78, 5) is 36.2. The van der Waals surface area contributed by atoms with Crippen LogP contribution in [-0.2, 0) is 4.74 Å². The van der Waals surface area contributed by atoms with Crippen LogP contribution in [0.15, 0.2) is 36.7 Å². The van der Waals surface area contributed by atoms with Gasteiger partial charge in [0.15, 0.2) is 0 Å². The van der Waals surface area contributed by atoms with E-state index in [1.165, 1.54) is 6.20 Å². The maximum Gasteiger partial charge on any atom is 0.270 e. The minimum atomic E-state index is -0.702. The van der Waals surface area contributed by atoms with E-state index in [1.54, 1.807) is 29.3 Å². The van der Waals surface area contributed by atoms with Crippen LogP contribution in [0.25, 0.3) is 0 Å². The quantitative estimate of drug-likeness (QED) is 0.680. The number of ether oxygens (including phenoxy) is 1. The molecule has 9 heteroatoms. The molecule has 2 aliphatic heterocycles. The fourth-order valence-corrected chi connectivity index (χ4v) is 3.65. The first-order valence-corrected chi connectivity index (χ1v) is 9.82. The third kappa shape index (κ3) is 4.41. The molecule has 4 heterocycles. The Morgan fingerprint density at radius 2 is 2.03 bits per heavy atom. The highest BCUT2D eigenvalue weighted by atomic mass is 16.5. The number of aliphatic hydroxyl groups excluding tert-OH is 1. The molecule has 0 bridgehead atoms. The molecule has 0 unspecified atom stereocenters. The molecule has 154 valence electrons. The van der Waals surface area contributed by atoms with Gasteiger partial charge in [0.25, 0.3) is 11.8 Å². The highest BCUT2D eigenvalue weighted by Crippen LogP contribution is 2.16. The molecular weight excluding hydrogens is 374 g/mol. The SMILES string of the molecule is O=C(N[C@@H]1CN(C(=O)c2ccc[nH]2)CC[C@@H]1O)c1ccc(N2CCOCC2)nc1. The number of aromatic amines is 1. The van der Waals surface area contributed by atoms with Gasteiger partial charge in [0.2, 0.25) is 0 Å². The average Bonchev–Trinajstić information content (AvgIpc) is 3.30. The summed E-state index contributed by atoms with van der Waals surface area (Å²) < 4.78 is 5.34. The van der Waals surface area contributed by atoms with Crippen molar-refractivity contribution < 1.29 is 19.4 Å². The number of pyridine rings is 1. The molecule has 3 N–H and O–H groups in total. The van der Waals surface area contributed by atoms with Gasteiger partial charge in [0.05, 0.1) is 30.9 Å². The fourth-order valence-electron chi connectivity index (χ4n) is 3.65. The monoisotopic (exact) mass is 399 g/mol. The number of morpholine rings is 1. The number of anilines is 1. The van der Waals surface area contributed by atoms with Gasteiger partial charge >= 0.3 is 0 Å². The molecular formula is C20H25N5O4. The van der Waals surface area contributed by atoms with Gasteiger partial charge in [-0.2, -0.15) is 0 Å². The van der Waals surface area contributed by atoms with Crippen LogP contribution >= 0.6 is 0 Å². The topological polar surface area (TPSA) is 111 Å². The van der Waals surface area contributed by atoms with Crippen LogP contribution in [0.4, 0.5) is 5.82 Å². The van der Waals surface area contributed by atoms with E-state index < -0.39 is 12.1 Å². The van der Waals surface area contributed by atoms with Crippen molar-refractivity contribution in [2.45, 2.75) is 18.6 Å². The second kappa shape index (κ2) is 8.62. The number of likely N-dealkylation sites (tertiary alicyclic amines) is 1. The van der Waals surface area contributed by atoms with Gasteiger partial charge in [-0.15, -0.1) is 0 Å². The lowest BCUT2D eigenvalue weighted by atomic mass is 10.0. The minimum absolute atomic E-state index is 0.141. The lowest BCUT2D eigenvalue weighted by Crippen LogP contribution is -2.56. The summed E-state index contributed by atoms with van der Waals surface area (Å²) in [6, 6.07) is 6.48. The van der Waals surface area contributed by atoms with Gasteiger partial charge in [-0.25, -0.2) is 4.98 Å². The first-order chi connectivity index (χ1) is 14.1. The van der Waals surface area contributed by atoms with E-state index in [1.807, 2.05) is 6.07 Å². The van der Waals surface area contributed by atoms with Gasteiger partial charge < -0.3 is 29.9 Å². The van der Waals surface area contributed by atoms with Crippen LogP contribution in [-0.4, -0.2) is 83.3 Å². The van der Waals surface area contributed by atoms with Gasteiger partial charge in [0, 0.05) is 38.6 Å². The number of aliphatic hydroxyl groups is 1. The number of aromatic nitrogens is 2. The van der Waals surface area contributed by atoms with Crippen molar-refractivity contribution in [1.82, 2.24) is 20.2 Å². The molecule has 0 aliphatic carbocycles. The minimum Gasteiger partial charge on any atom is -0.391 e. The average molecular weight is 399 g/mol. The van der Waals surface area contributed by atoms with Gasteiger partial charge in [-0.1, -0.05) is 0 Å². The maximum absolute atomic E-state index is 12.6. The maximum atomic E-state index is 12.6. The predicted octanol–water partition coefficient (Wildman–Crippen LogP) is 0.252. The molecule has 2 aromatic rings. The molecule has 2 fully saturated rings. The highest BCUT2D eigenvalue weighted by molar-refractivity contribution is 5.95. The molecule has 29 heavy (non-hydrogen) atoms. The predicted molar refractivity (Wildman–Crippen MR) is 106 cm³/mol. The lowest BCUT2D eigenvalue weighted by molar-refractivity contribution is 0.0356. The smallest absolute Gasteiger partial charge is 0.270 e. The number of hydrogen-bond donors (Lipinski definition) is 3. The van der Waals surface area contributed by atoms with Crippen LogP contribution in [0.1, 0.15) is 27.3 Å². The van der Waals surface area contributed by atoms with E-state index in [0.29, 0.717) is 37.4 Å². The molecule has 2 amide bonds. The van der Waals surface area contributed by atoms with Crippen LogP contribution < -0.4 is 10.2 Å². The Labute approximate surface area is 168 Å². The zero-order valence-electron chi connectivity index (χ0n) is 16.1. The van der Waals surface area contributed by atoms with Gasteiger partial charge in [-0.3, -0.25) is 9.59 Å². The zero-order valence-corrected chi connectivity index (χ0v) is 16.1. The Morgan fingerprint density at radius 3 is 2.72 bits per heavy atom. The van der Waals surface area contributed by atoms with Crippen molar-refractivity contribution in [3.63, 3.8) is 0 Å². The molecule has 0 radical (unpaired) electrons. The molecule has 0 aromatic carbocycles. The number of rotatable bonds is 4. The number of amides is 2. The molecule has 4 rings (SSSR count). The molecule has 2 saturated heterocycles. The first kappa shape index (κ1) is 19.4. The third-order valence-electron chi connectivity index (χ3n) is 5.35. The van der Waals surface area contributed by atoms with Crippen LogP contribution in [0.2, 0.25) is 0 Å². The molecule has 2 aromatic heterocycles. The number of piperidine rings is 1. The number of nitrogens with one attached hydrogen (secondary N) is 2. The molecule has 0 spiro atoms. The number of hydrogen-bond acceptors (Lipinski definition) is 6. The standard InChI is InChI=1S/C20H25N5O4/c26-17-5-7-25(20(28)15-2-1-6-21-15)13-16(17)23-19(27)14-3-4-18(22-12-14)24-8-10-29-11-9-24/h1-4,6,12,16-17,21,26H,5,7-11,13H2,(H,23,27)/t16-,17+/m1/s1. The Kier molecular flexibility index (Phi) is 5.77. The van der Waals surface area contributed by atoms with Crippen LogP contribution in [0.5, 0.6) is 0 Å². The van der Waals surface area contributed by atoms with Crippen molar-refractivity contribution >= 4 is 17.6 Å². The third-order valence-corrected chi connectivity index (χ3v) is 5.35. The Bertz CT molecular complexity index is 833. The summed E-state index contributed by atoms with van der Waals surface area (Å²) in [5, 5.41) is 13.2. The van der Waals surface area contributed by atoms with Gasteiger partial charge in [0.1, 0.15) is 11.5 Å². The number of H-pyrrole nitrogens is 1. The number of nitrogens with zero attached hydrogens (tertiary/aromatic N) is 3. The van der Waals surface area contributed by atoms with Crippen molar-refractivity contribution in [2.24, 2.45) is 0 Å². The lowest BCUT2D eigenvalue weighted by Gasteiger charge is -2.36. The zero-order chi connectivity index (χ0) is 20.2. The van der Waals surface area contributed by atoms with E-state index in [-0.39, 0.29) is 18.4 Å². The number of carbonyl (C=O) groups is 2. The fraction of sp³-hybridized carbons (Fsp3) is 0.450. The Morgan fingerprint density at radius 1 is 1.21 bits per heavy atom. The Balaban J connectivity index is 1.38. The second-order valence-corrected chi connectivity index (χ2v) is 7.28. The Hall–Kier alpha value is -2.91. The molecule has 9 nitrogen and oxygen atoms in total. The second-order valence-electron chi connectivity index (χ2n) is 7.28. The van der Waals surface area contributed by atoms with E-state index in [0.717, 1.165) is 18.9 Å². The normalized spacial score (nSPS) is 22.4. The molecule has 2 atom stereocenters. The largest absolute Gasteiger partial charge is 0.391 e. The summed E-state index contributed by atoms with van der Waals surface area (Å²) in [5.41, 5.74) is 0.913. The summed E-state index contributed by atoms with van der Waals surface area (Å²) in [6.07, 6.45) is 2.94. The van der Waals surface area contributed by atoms with Crippen LogP contribution in [0, 0.1) is 0 Å². The van der Waals surface area contributed by atoms with Crippen molar-refractivity contribution in [1.29, 1.82) is 0 Å². The number of carbonyl (C=O) groups excluding carboxylic acids is 2. The van der Waals surface area contributed by atoms with E-state index >= 15 is 0 Å². The van der Waals surface area contributed by atoms with Crippen molar-refractivity contribution in [3.8, 4) is 0 Å². The molecule has 2 aliphatic rings. The summed E-state index contributed by atoms with van der Waals surface area (Å²) in [7, 11) is 0. The van der Waals surface area contributed by atoms with Crippen LogP contribution in [0.3, 0.4) is 0 Å². The van der Waals surface area contributed by atoms with E-state index in [2.05, 4.69) is 20.2 Å². The van der Waals surface area contributed by atoms with E-state index in [9.17, 15) is 14.7 Å². The summed E-state index contributed by atoms with van der Waals surface area (Å²) in [6.45, 7) is 3.59. The summed E-state index contributed by atoms with van der Waals surface area (Å²) in [5.74, 6) is 0.354. The van der Waals surface area contributed by atoms with Crippen molar-refractivity contribution in [2.75, 3.05) is 44.3 Å². The summed E-state index contributed by atoms with van der Waals surface area (Å²) >= 11 is 0. The first-order valence-electron chi connectivity index (χ1n) is 9.82. The highest BCUT2D eigenvalue weighted by Gasteiger charge is 2.32.